The second-order valence-electron chi connectivity index (χ2n) is 3.26. The number of nitro groups is 1. The lowest BCUT2D eigenvalue weighted by Gasteiger charge is -2.14. The molecular weight excluding hydrogens is 201 g/mol. The zero-order valence-corrected chi connectivity index (χ0v) is 8.26. The quantitative estimate of drug-likeness (QED) is 0.613. The van der Waals surface area contributed by atoms with Crippen molar-refractivity contribution in [3.8, 4) is 0 Å². The van der Waals surface area contributed by atoms with Crippen LogP contribution in [0.4, 0.5) is 4.39 Å². The van der Waals surface area contributed by atoms with Gasteiger partial charge in [-0.3, -0.25) is 10.1 Å². The van der Waals surface area contributed by atoms with E-state index >= 15 is 0 Å². The summed E-state index contributed by atoms with van der Waals surface area (Å²) in [4.78, 5) is 10.1. The van der Waals surface area contributed by atoms with Crippen molar-refractivity contribution in [1.29, 1.82) is 0 Å². The van der Waals surface area contributed by atoms with Gasteiger partial charge in [-0.15, -0.1) is 0 Å². The van der Waals surface area contributed by atoms with Crippen LogP contribution in [0.3, 0.4) is 0 Å². The molecule has 0 aliphatic carbocycles. The summed E-state index contributed by atoms with van der Waals surface area (Å²) in [5, 5.41) is 20.3. The Morgan fingerprint density at radius 2 is 2.00 bits per heavy atom. The van der Waals surface area contributed by atoms with E-state index in [0.29, 0.717) is 5.56 Å². The summed E-state index contributed by atoms with van der Waals surface area (Å²) >= 11 is 0. The summed E-state index contributed by atoms with van der Waals surface area (Å²) in [6.45, 7) is 1.63. The molecule has 0 saturated heterocycles. The predicted molar refractivity (Wildman–Crippen MR) is 52.4 cm³/mol. The van der Waals surface area contributed by atoms with Gasteiger partial charge >= 0.3 is 0 Å². The first-order valence-corrected chi connectivity index (χ1v) is 4.63. The van der Waals surface area contributed by atoms with Gasteiger partial charge in [0.25, 0.3) is 0 Å². The molecule has 4 nitrogen and oxygen atoms in total. The molecule has 0 amide bonds. The van der Waals surface area contributed by atoms with E-state index in [1.54, 1.807) is 6.92 Å². The van der Waals surface area contributed by atoms with Crippen LogP contribution in [0.5, 0.6) is 0 Å². The van der Waals surface area contributed by atoms with Crippen LogP contribution in [0.15, 0.2) is 24.3 Å². The minimum absolute atomic E-state index is 0.228. The van der Waals surface area contributed by atoms with Crippen LogP contribution in [0.1, 0.15) is 25.0 Å². The van der Waals surface area contributed by atoms with Gasteiger partial charge in [0.05, 0.1) is 0 Å². The van der Waals surface area contributed by atoms with E-state index in [0.717, 1.165) is 0 Å². The van der Waals surface area contributed by atoms with Crippen LogP contribution in [0, 0.1) is 15.9 Å². The summed E-state index contributed by atoms with van der Waals surface area (Å²) in [7, 11) is 0. The molecule has 5 heteroatoms. The summed E-state index contributed by atoms with van der Waals surface area (Å²) < 4.78 is 12.6. The number of hydrogen-bond acceptors (Lipinski definition) is 3. The van der Waals surface area contributed by atoms with Gasteiger partial charge in [-0.2, -0.15) is 0 Å². The second kappa shape index (κ2) is 4.84. The van der Waals surface area contributed by atoms with Crippen LogP contribution in [-0.2, 0) is 0 Å². The largest absolute Gasteiger partial charge is 0.381 e. The van der Waals surface area contributed by atoms with Gasteiger partial charge in [0.1, 0.15) is 11.9 Å². The van der Waals surface area contributed by atoms with Crippen LogP contribution in [0.2, 0.25) is 0 Å². The highest BCUT2D eigenvalue weighted by Crippen LogP contribution is 2.21. The molecule has 0 heterocycles. The highest BCUT2D eigenvalue weighted by molar-refractivity contribution is 5.19. The summed E-state index contributed by atoms with van der Waals surface area (Å²) in [5.74, 6) is -0.430. The second-order valence-corrected chi connectivity index (χ2v) is 3.26. The molecule has 0 radical (unpaired) electrons. The highest BCUT2D eigenvalue weighted by atomic mass is 19.1. The average Bonchev–Trinajstić information content (AvgIpc) is 2.19. The summed E-state index contributed by atoms with van der Waals surface area (Å²) in [6, 6.07) is 4.00. The van der Waals surface area contributed by atoms with Gasteiger partial charge in [0.2, 0.25) is 6.04 Å². The van der Waals surface area contributed by atoms with E-state index in [1.165, 1.54) is 24.3 Å². The molecular formula is C10H12FNO3. The minimum Gasteiger partial charge on any atom is -0.381 e. The lowest BCUT2D eigenvalue weighted by Crippen LogP contribution is -2.26. The number of benzene rings is 1. The number of aliphatic hydroxyl groups excluding tert-OH is 1. The predicted octanol–water partition coefficient (Wildman–Crippen LogP) is 1.91. The molecule has 0 bridgehead atoms. The summed E-state index contributed by atoms with van der Waals surface area (Å²) in [5.41, 5.74) is 0.361. The zero-order valence-electron chi connectivity index (χ0n) is 8.26. The van der Waals surface area contributed by atoms with Gasteiger partial charge in [-0.25, -0.2) is 4.39 Å². The first kappa shape index (κ1) is 11.6. The van der Waals surface area contributed by atoms with E-state index in [9.17, 15) is 19.6 Å². The van der Waals surface area contributed by atoms with Crippen molar-refractivity contribution in [2.75, 3.05) is 0 Å². The summed E-state index contributed by atoms with van der Waals surface area (Å²) in [6.07, 6.45) is -0.962. The van der Waals surface area contributed by atoms with E-state index in [1.807, 2.05) is 0 Å². The Morgan fingerprint density at radius 1 is 1.47 bits per heavy atom. The molecule has 1 aromatic carbocycles. The zero-order chi connectivity index (χ0) is 11.4. The first-order valence-electron chi connectivity index (χ1n) is 4.63. The third-order valence-electron chi connectivity index (χ3n) is 2.27. The van der Waals surface area contributed by atoms with Crippen LogP contribution >= 0.6 is 0 Å². The third-order valence-corrected chi connectivity index (χ3v) is 2.27. The van der Waals surface area contributed by atoms with Gasteiger partial charge in [-0.1, -0.05) is 19.1 Å². The molecule has 1 N–H and O–H groups in total. The number of aliphatic hydroxyl groups is 1. The van der Waals surface area contributed by atoms with Crippen molar-refractivity contribution in [2.45, 2.75) is 25.5 Å². The van der Waals surface area contributed by atoms with Crippen LogP contribution in [0.25, 0.3) is 0 Å². The number of rotatable bonds is 4. The molecule has 0 spiro atoms. The maximum atomic E-state index is 12.6. The Bertz CT molecular complexity index is 339. The van der Waals surface area contributed by atoms with Crippen LogP contribution < -0.4 is 0 Å². The first-order chi connectivity index (χ1) is 7.06. The number of nitrogens with zero attached hydrogens (tertiary/aromatic N) is 1. The molecule has 0 aliphatic heterocycles. The molecule has 15 heavy (non-hydrogen) atoms. The topological polar surface area (TPSA) is 63.4 Å². The molecule has 82 valence electrons. The molecule has 0 aliphatic rings. The SMILES string of the molecule is CC[C@@H]([C@@H](O)c1ccc(F)cc1)[N+](=O)[O-]. The Balaban J connectivity index is 2.87. The Hall–Kier alpha value is -1.49. The number of hydrogen-bond donors (Lipinski definition) is 1. The fraction of sp³-hybridized carbons (Fsp3) is 0.400. The Morgan fingerprint density at radius 3 is 2.40 bits per heavy atom. The Labute approximate surface area is 86.5 Å². The fourth-order valence-electron chi connectivity index (χ4n) is 1.37. The molecule has 1 aromatic rings. The van der Waals surface area contributed by atoms with Crippen molar-refractivity contribution in [3.63, 3.8) is 0 Å². The van der Waals surface area contributed by atoms with Crippen molar-refractivity contribution >= 4 is 0 Å². The maximum Gasteiger partial charge on any atom is 0.242 e. The maximum absolute atomic E-state index is 12.6. The average molecular weight is 213 g/mol. The van der Waals surface area contributed by atoms with Gasteiger partial charge < -0.3 is 5.11 Å². The smallest absolute Gasteiger partial charge is 0.242 e. The Kier molecular flexibility index (Phi) is 3.74. The van der Waals surface area contributed by atoms with Crippen molar-refractivity contribution < 1.29 is 14.4 Å². The van der Waals surface area contributed by atoms with Gasteiger partial charge in [-0.05, 0) is 17.7 Å². The van der Waals surface area contributed by atoms with E-state index < -0.39 is 22.9 Å². The molecule has 1 rings (SSSR count). The van der Waals surface area contributed by atoms with Crippen LogP contribution in [-0.4, -0.2) is 16.1 Å². The van der Waals surface area contributed by atoms with Gasteiger partial charge in [0, 0.05) is 11.3 Å². The fourth-order valence-corrected chi connectivity index (χ4v) is 1.37. The normalized spacial score (nSPS) is 14.6. The third kappa shape index (κ3) is 2.73. The minimum atomic E-state index is -1.19. The van der Waals surface area contributed by atoms with Gasteiger partial charge in [0.15, 0.2) is 0 Å². The lowest BCUT2D eigenvalue weighted by molar-refractivity contribution is -0.536. The standard InChI is InChI=1S/C10H12FNO3/c1-2-9(12(14)15)10(13)7-3-5-8(11)6-4-7/h3-6,9-10,13H,2H2,1H3/t9-,10-/m0/s1. The van der Waals surface area contributed by atoms with E-state index in [2.05, 4.69) is 0 Å². The van der Waals surface area contributed by atoms with E-state index in [4.69, 9.17) is 0 Å². The lowest BCUT2D eigenvalue weighted by atomic mass is 10.0. The molecule has 0 fully saturated rings. The van der Waals surface area contributed by atoms with Crippen molar-refractivity contribution in [2.24, 2.45) is 0 Å². The molecule has 2 atom stereocenters. The molecule has 0 unspecified atom stereocenters. The number of halogens is 1. The molecule has 0 saturated carbocycles. The van der Waals surface area contributed by atoms with Crippen molar-refractivity contribution in [1.82, 2.24) is 0 Å². The highest BCUT2D eigenvalue weighted by Gasteiger charge is 2.28. The molecule has 0 aromatic heterocycles. The monoisotopic (exact) mass is 213 g/mol. The van der Waals surface area contributed by atoms with Crippen molar-refractivity contribution in [3.05, 3.63) is 45.8 Å². The van der Waals surface area contributed by atoms with E-state index in [-0.39, 0.29) is 6.42 Å².